The smallest absolute Gasteiger partial charge is 0.161 e. The highest BCUT2D eigenvalue weighted by molar-refractivity contribution is 5.67. The summed E-state index contributed by atoms with van der Waals surface area (Å²) in [7, 11) is 0. The number of imidazole rings is 1. The molecule has 7 nitrogen and oxygen atoms in total. The summed E-state index contributed by atoms with van der Waals surface area (Å²) >= 11 is 0. The van der Waals surface area contributed by atoms with Crippen molar-refractivity contribution in [3.8, 4) is 11.3 Å². The average molecular weight is 391 g/mol. The predicted molar refractivity (Wildman–Crippen MR) is 108 cm³/mol. The standard InChI is InChI=1S/C21H22FN7/c1-12(2)16-10-26-29-20(27-15-3-4-17-19(6-15)25-11-24-17)7-18(28-21(16)29)13-5-14(22)9-23-8-13/h5,7-12,15,27H,3-4,6H2,1-2H3,(H,24,25)/t15-/m0/s1. The van der Waals surface area contributed by atoms with E-state index >= 15 is 0 Å². The van der Waals surface area contributed by atoms with Gasteiger partial charge in [0.05, 0.1) is 30.1 Å². The van der Waals surface area contributed by atoms with Gasteiger partial charge in [0, 0.05) is 41.5 Å². The molecule has 0 spiro atoms. The maximum Gasteiger partial charge on any atom is 0.161 e. The molecule has 0 radical (unpaired) electrons. The maximum absolute atomic E-state index is 13.8. The van der Waals surface area contributed by atoms with Crippen LogP contribution in [0.3, 0.4) is 0 Å². The third-order valence-corrected chi connectivity index (χ3v) is 5.46. The van der Waals surface area contributed by atoms with Gasteiger partial charge in [0.1, 0.15) is 11.6 Å². The van der Waals surface area contributed by atoms with E-state index < -0.39 is 0 Å². The quantitative estimate of drug-likeness (QED) is 0.554. The summed E-state index contributed by atoms with van der Waals surface area (Å²) in [6.07, 6.45) is 9.24. The van der Waals surface area contributed by atoms with E-state index in [0.29, 0.717) is 11.3 Å². The lowest BCUT2D eigenvalue weighted by atomic mass is 9.96. The molecule has 0 fully saturated rings. The van der Waals surface area contributed by atoms with Crippen molar-refractivity contribution in [2.45, 2.75) is 45.1 Å². The predicted octanol–water partition coefficient (Wildman–Crippen LogP) is 3.75. The van der Waals surface area contributed by atoms with Gasteiger partial charge in [-0.3, -0.25) is 4.98 Å². The van der Waals surface area contributed by atoms with E-state index in [9.17, 15) is 4.39 Å². The Morgan fingerprint density at radius 3 is 2.97 bits per heavy atom. The molecule has 0 bridgehead atoms. The van der Waals surface area contributed by atoms with Gasteiger partial charge in [-0.05, 0) is 24.8 Å². The zero-order chi connectivity index (χ0) is 20.0. The summed E-state index contributed by atoms with van der Waals surface area (Å²) in [6, 6.07) is 3.63. The minimum absolute atomic E-state index is 0.249. The number of aromatic amines is 1. The first-order valence-corrected chi connectivity index (χ1v) is 9.85. The topological polar surface area (TPSA) is 83.8 Å². The molecule has 29 heavy (non-hydrogen) atoms. The van der Waals surface area contributed by atoms with Crippen LogP contribution in [0.5, 0.6) is 0 Å². The molecule has 2 N–H and O–H groups in total. The van der Waals surface area contributed by atoms with Gasteiger partial charge >= 0.3 is 0 Å². The van der Waals surface area contributed by atoms with Crippen LogP contribution >= 0.6 is 0 Å². The number of aryl methyl sites for hydroxylation is 1. The molecule has 0 saturated heterocycles. The SMILES string of the molecule is CC(C)c1cnn2c(N[C@H]3CCc4nc[nH]c4C3)cc(-c3cncc(F)c3)nc12. The number of H-pyrrole nitrogens is 1. The summed E-state index contributed by atoms with van der Waals surface area (Å²) in [5.41, 5.74) is 5.48. The van der Waals surface area contributed by atoms with Crippen molar-refractivity contribution in [3.05, 3.63) is 59.8 Å². The van der Waals surface area contributed by atoms with Crippen LogP contribution < -0.4 is 5.32 Å². The van der Waals surface area contributed by atoms with E-state index in [-0.39, 0.29) is 17.8 Å². The van der Waals surface area contributed by atoms with Gasteiger partial charge < -0.3 is 10.3 Å². The van der Waals surface area contributed by atoms with Gasteiger partial charge in [-0.15, -0.1) is 0 Å². The molecule has 1 atom stereocenters. The minimum atomic E-state index is -0.379. The van der Waals surface area contributed by atoms with Gasteiger partial charge in [-0.1, -0.05) is 13.8 Å². The fourth-order valence-corrected chi connectivity index (χ4v) is 3.92. The number of anilines is 1. The second kappa shape index (κ2) is 6.95. The first-order valence-electron chi connectivity index (χ1n) is 9.85. The highest BCUT2D eigenvalue weighted by Gasteiger charge is 2.22. The van der Waals surface area contributed by atoms with Crippen molar-refractivity contribution in [3.63, 3.8) is 0 Å². The summed E-state index contributed by atoms with van der Waals surface area (Å²) in [5.74, 6) is 0.737. The van der Waals surface area contributed by atoms with E-state index in [1.54, 1.807) is 12.5 Å². The van der Waals surface area contributed by atoms with Gasteiger partial charge in [0.2, 0.25) is 0 Å². The Labute approximate surface area is 167 Å². The molecule has 1 aliphatic rings. The van der Waals surface area contributed by atoms with E-state index in [1.807, 2.05) is 16.8 Å². The third kappa shape index (κ3) is 3.24. The Balaban J connectivity index is 1.58. The van der Waals surface area contributed by atoms with Crippen LogP contribution in [-0.4, -0.2) is 35.6 Å². The number of hydrogen-bond acceptors (Lipinski definition) is 5. The van der Waals surface area contributed by atoms with Crippen molar-refractivity contribution in [2.75, 3.05) is 5.32 Å². The molecule has 148 valence electrons. The van der Waals surface area contributed by atoms with Crippen molar-refractivity contribution in [1.82, 2.24) is 29.5 Å². The summed E-state index contributed by atoms with van der Waals surface area (Å²) in [6.45, 7) is 4.23. The Morgan fingerprint density at radius 1 is 1.24 bits per heavy atom. The summed E-state index contributed by atoms with van der Waals surface area (Å²) < 4.78 is 15.6. The normalized spacial score (nSPS) is 16.3. The lowest BCUT2D eigenvalue weighted by Crippen LogP contribution is -2.28. The number of nitrogens with one attached hydrogen (secondary N) is 2. The van der Waals surface area contributed by atoms with Crippen molar-refractivity contribution >= 4 is 11.5 Å². The van der Waals surface area contributed by atoms with Gasteiger partial charge in [0.15, 0.2) is 5.65 Å². The molecule has 4 heterocycles. The molecule has 0 unspecified atom stereocenters. The van der Waals surface area contributed by atoms with Crippen molar-refractivity contribution in [2.24, 2.45) is 0 Å². The summed E-state index contributed by atoms with van der Waals surface area (Å²) in [5, 5.41) is 8.20. The molecule has 0 aliphatic heterocycles. The molecule has 5 rings (SSSR count). The van der Waals surface area contributed by atoms with Gasteiger partial charge in [0.25, 0.3) is 0 Å². The van der Waals surface area contributed by atoms with E-state index in [0.717, 1.165) is 42.0 Å². The third-order valence-electron chi connectivity index (χ3n) is 5.46. The van der Waals surface area contributed by atoms with Gasteiger partial charge in [-0.2, -0.15) is 9.61 Å². The lowest BCUT2D eigenvalue weighted by molar-refractivity contribution is 0.593. The minimum Gasteiger partial charge on any atom is -0.367 e. The first-order chi connectivity index (χ1) is 14.1. The molecule has 1 aliphatic carbocycles. The van der Waals surface area contributed by atoms with Crippen LogP contribution in [0.15, 0.2) is 37.1 Å². The fourth-order valence-electron chi connectivity index (χ4n) is 3.92. The molecular formula is C21H22FN7. The van der Waals surface area contributed by atoms with Crippen LogP contribution in [0, 0.1) is 5.82 Å². The Morgan fingerprint density at radius 2 is 2.14 bits per heavy atom. The van der Waals surface area contributed by atoms with Crippen molar-refractivity contribution in [1.29, 1.82) is 0 Å². The second-order valence-corrected chi connectivity index (χ2v) is 7.82. The van der Waals surface area contributed by atoms with E-state index in [2.05, 4.69) is 39.2 Å². The number of fused-ring (bicyclic) bond motifs is 2. The van der Waals surface area contributed by atoms with Crippen LogP contribution in [0.2, 0.25) is 0 Å². The molecule has 0 aromatic carbocycles. The molecule has 4 aromatic rings. The fraction of sp³-hybridized carbons (Fsp3) is 0.333. The molecule has 0 amide bonds. The largest absolute Gasteiger partial charge is 0.367 e. The van der Waals surface area contributed by atoms with E-state index in [4.69, 9.17) is 4.98 Å². The molecule has 4 aromatic heterocycles. The zero-order valence-corrected chi connectivity index (χ0v) is 16.4. The monoisotopic (exact) mass is 391 g/mol. The Bertz CT molecular complexity index is 1180. The number of rotatable bonds is 4. The Hall–Kier alpha value is -3.29. The molecule has 0 saturated carbocycles. The Kier molecular flexibility index (Phi) is 4.26. The second-order valence-electron chi connectivity index (χ2n) is 7.82. The average Bonchev–Trinajstić information content (AvgIpc) is 3.34. The van der Waals surface area contributed by atoms with Crippen LogP contribution in [-0.2, 0) is 12.8 Å². The van der Waals surface area contributed by atoms with Gasteiger partial charge in [-0.25, -0.2) is 14.4 Å². The lowest BCUT2D eigenvalue weighted by Gasteiger charge is -2.24. The molecular weight excluding hydrogens is 369 g/mol. The number of pyridine rings is 1. The highest BCUT2D eigenvalue weighted by atomic mass is 19.1. The van der Waals surface area contributed by atoms with Crippen LogP contribution in [0.1, 0.15) is 43.1 Å². The summed E-state index contributed by atoms with van der Waals surface area (Å²) in [4.78, 5) is 16.4. The molecule has 8 heteroatoms. The van der Waals surface area contributed by atoms with E-state index in [1.165, 1.54) is 18.0 Å². The van der Waals surface area contributed by atoms with Crippen LogP contribution in [0.4, 0.5) is 10.2 Å². The number of halogens is 1. The van der Waals surface area contributed by atoms with Crippen LogP contribution in [0.25, 0.3) is 16.9 Å². The van der Waals surface area contributed by atoms with Crippen molar-refractivity contribution < 1.29 is 4.39 Å². The highest BCUT2D eigenvalue weighted by Crippen LogP contribution is 2.28. The maximum atomic E-state index is 13.8. The number of aromatic nitrogens is 6. The number of nitrogens with zero attached hydrogens (tertiary/aromatic N) is 5. The number of hydrogen-bond donors (Lipinski definition) is 2. The first kappa shape index (κ1) is 17.8. The zero-order valence-electron chi connectivity index (χ0n) is 16.4.